The van der Waals surface area contributed by atoms with E-state index in [2.05, 4.69) is 42.3 Å². The van der Waals surface area contributed by atoms with Gasteiger partial charge in [0.2, 0.25) is 0 Å². The first-order valence-corrected chi connectivity index (χ1v) is 7.89. The molecule has 1 heterocycles. The van der Waals surface area contributed by atoms with Gasteiger partial charge in [0.05, 0.1) is 0 Å². The van der Waals surface area contributed by atoms with E-state index in [0.717, 1.165) is 25.4 Å². The molecule has 1 saturated carbocycles. The molecule has 1 aromatic rings. The van der Waals surface area contributed by atoms with Crippen LogP contribution in [-0.4, -0.2) is 42.6 Å². The summed E-state index contributed by atoms with van der Waals surface area (Å²) in [6, 6.07) is 4.17. The van der Waals surface area contributed by atoms with Gasteiger partial charge in [0.1, 0.15) is 0 Å². The molecule has 0 amide bonds. The average molecular weight is 275 g/mol. The van der Waals surface area contributed by atoms with E-state index in [4.69, 9.17) is 0 Å². The van der Waals surface area contributed by atoms with Crippen molar-refractivity contribution in [2.45, 2.75) is 44.6 Å². The van der Waals surface area contributed by atoms with E-state index in [0.29, 0.717) is 5.54 Å². The summed E-state index contributed by atoms with van der Waals surface area (Å²) < 4.78 is 0. The van der Waals surface area contributed by atoms with E-state index < -0.39 is 0 Å². The van der Waals surface area contributed by atoms with E-state index in [1.165, 1.54) is 31.2 Å². The van der Waals surface area contributed by atoms with Gasteiger partial charge < -0.3 is 10.2 Å². The van der Waals surface area contributed by atoms with Gasteiger partial charge in [0, 0.05) is 24.5 Å². The Kier molecular flexibility index (Phi) is 5.55. The summed E-state index contributed by atoms with van der Waals surface area (Å²) in [5.41, 5.74) is 1.67. The SMILES string of the molecule is CC1CCCC(CNCCc2cccnc2)(N(C)C)C1. The molecular formula is C17H29N3. The summed E-state index contributed by atoms with van der Waals surface area (Å²) in [4.78, 5) is 6.61. The molecule has 0 aliphatic heterocycles. The van der Waals surface area contributed by atoms with Crippen molar-refractivity contribution >= 4 is 0 Å². The second-order valence-electron chi connectivity index (χ2n) is 6.61. The Labute approximate surface area is 123 Å². The van der Waals surface area contributed by atoms with Crippen LogP contribution in [0.25, 0.3) is 0 Å². The summed E-state index contributed by atoms with van der Waals surface area (Å²) >= 11 is 0. The van der Waals surface area contributed by atoms with Crippen molar-refractivity contribution in [1.82, 2.24) is 15.2 Å². The maximum atomic E-state index is 4.17. The van der Waals surface area contributed by atoms with Crippen LogP contribution in [0.3, 0.4) is 0 Å². The zero-order valence-electron chi connectivity index (χ0n) is 13.2. The van der Waals surface area contributed by atoms with Gasteiger partial charge in [0.25, 0.3) is 0 Å². The molecular weight excluding hydrogens is 246 g/mol. The molecule has 20 heavy (non-hydrogen) atoms. The van der Waals surface area contributed by atoms with Crippen molar-refractivity contribution in [2.24, 2.45) is 5.92 Å². The molecule has 0 radical (unpaired) electrons. The number of pyridine rings is 1. The van der Waals surface area contributed by atoms with Crippen molar-refractivity contribution in [3.05, 3.63) is 30.1 Å². The number of aromatic nitrogens is 1. The predicted molar refractivity (Wildman–Crippen MR) is 84.9 cm³/mol. The van der Waals surface area contributed by atoms with E-state index in [1.807, 2.05) is 18.5 Å². The highest BCUT2D eigenvalue weighted by atomic mass is 15.2. The Morgan fingerprint density at radius 1 is 1.45 bits per heavy atom. The van der Waals surface area contributed by atoms with Crippen LogP contribution in [0.15, 0.2) is 24.5 Å². The first kappa shape index (κ1) is 15.5. The van der Waals surface area contributed by atoms with Gasteiger partial charge in [-0.1, -0.05) is 25.8 Å². The predicted octanol–water partition coefficient (Wildman–Crippen LogP) is 2.72. The molecule has 0 bridgehead atoms. The standard InChI is InChI=1S/C17H29N3/c1-15-6-4-9-17(12-15,20(2)3)14-19-11-8-16-7-5-10-18-13-16/h5,7,10,13,15,19H,4,6,8-9,11-12,14H2,1-3H3. The Morgan fingerprint density at radius 3 is 2.95 bits per heavy atom. The van der Waals surface area contributed by atoms with Crippen molar-refractivity contribution < 1.29 is 0 Å². The van der Waals surface area contributed by atoms with Crippen LogP contribution >= 0.6 is 0 Å². The highest BCUT2D eigenvalue weighted by molar-refractivity contribution is 5.08. The maximum Gasteiger partial charge on any atom is 0.0330 e. The van der Waals surface area contributed by atoms with Gasteiger partial charge in [-0.15, -0.1) is 0 Å². The normalized spacial score (nSPS) is 26.9. The van der Waals surface area contributed by atoms with E-state index in [1.54, 1.807) is 0 Å². The van der Waals surface area contributed by atoms with Crippen LogP contribution in [0.1, 0.15) is 38.2 Å². The van der Waals surface area contributed by atoms with Gasteiger partial charge in [-0.05, 0) is 57.5 Å². The van der Waals surface area contributed by atoms with Gasteiger partial charge in [-0.2, -0.15) is 0 Å². The second-order valence-corrected chi connectivity index (χ2v) is 6.61. The number of rotatable bonds is 6. The molecule has 1 fully saturated rings. The largest absolute Gasteiger partial charge is 0.315 e. The van der Waals surface area contributed by atoms with E-state index >= 15 is 0 Å². The fraction of sp³-hybridized carbons (Fsp3) is 0.706. The number of likely N-dealkylation sites (N-methyl/N-ethyl adjacent to an activating group) is 1. The molecule has 0 aromatic carbocycles. The average Bonchev–Trinajstić information content (AvgIpc) is 2.45. The lowest BCUT2D eigenvalue weighted by atomic mass is 9.75. The molecule has 112 valence electrons. The smallest absolute Gasteiger partial charge is 0.0330 e. The second kappa shape index (κ2) is 7.19. The molecule has 0 spiro atoms. The van der Waals surface area contributed by atoms with Crippen LogP contribution in [0.5, 0.6) is 0 Å². The summed E-state index contributed by atoms with van der Waals surface area (Å²) in [5.74, 6) is 0.853. The van der Waals surface area contributed by atoms with E-state index in [9.17, 15) is 0 Å². The zero-order chi connectivity index (χ0) is 14.4. The third-order valence-electron chi connectivity index (χ3n) is 4.78. The van der Waals surface area contributed by atoms with Crippen molar-refractivity contribution in [1.29, 1.82) is 0 Å². The van der Waals surface area contributed by atoms with Crippen molar-refractivity contribution in [3.63, 3.8) is 0 Å². The number of hydrogen-bond donors (Lipinski definition) is 1. The number of nitrogens with one attached hydrogen (secondary N) is 1. The zero-order valence-corrected chi connectivity index (χ0v) is 13.2. The number of nitrogens with zero attached hydrogens (tertiary/aromatic N) is 2. The van der Waals surface area contributed by atoms with Gasteiger partial charge in [-0.3, -0.25) is 4.98 Å². The molecule has 1 N–H and O–H groups in total. The molecule has 1 aromatic heterocycles. The molecule has 0 saturated heterocycles. The highest BCUT2D eigenvalue weighted by Crippen LogP contribution is 2.35. The van der Waals surface area contributed by atoms with Gasteiger partial charge in [-0.25, -0.2) is 0 Å². The van der Waals surface area contributed by atoms with Crippen molar-refractivity contribution in [2.75, 3.05) is 27.2 Å². The summed E-state index contributed by atoms with van der Waals surface area (Å²) in [6.45, 7) is 4.54. The Bertz CT molecular complexity index is 390. The number of hydrogen-bond acceptors (Lipinski definition) is 3. The fourth-order valence-electron chi connectivity index (χ4n) is 3.46. The lowest BCUT2D eigenvalue weighted by molar-refractivity contribution is 0.0755. The van der Waals surface area contributed by atoms with Gasteiger partial charge >= 0.3 is 0 Å². The Hall–Kier alpha value is -0.930. The Balaban J connectivity index is 1.81. The summed E-state index contributed by atoms with van der Waals surface area (Å²) in [7, 11) is 4.47. The molecule has 3 heteroatoms. The van der Waals surface area contributed by atoms with Crippen LogP contribution in [-0.2, 0) is 6.42 Å². The first-order chi connectivity index (χ1) is 9.62. The van der Waals surface area contributed by atoms with Crippen LogP contribution in [0, 0.1) is 5.92 Å². The molecule has 1 aliphatic rings. The fourth-order valence-corrected chi connectivity index (χ4v) is 3.46. The quantitative estimate of drug-likeness (QED) is 0.809. The maximum absolute atomic E-state index is 4.17. The van der Waals surface area contributed by atoms with Gasteiger partial charge in [0.15, 0.2) is 0 Å². The van der Waals surface area contributed by atoms with Crippen molar-refractivity contribution in [3.8, 4) is 0 Å². The lowest BCUT2D eigenvalue weighted by Crippen LogP contribution is -2.54. The van der Waals surface area contributed by atoms with Crippen LogP contribution in [0.2, 0.25) is 0 Å². The minimum atomic E-state index is 0.354. The first-order valence-electron chi connectivity index (χ1n) is 7.89. The Morgan fingerprint density at radius 2 is 2.30 bits per heavy atom. The van der Waals surface area contributed by atoms with Crippen LogP contribution < -0.4 is 5.32 Å². The molecule has 2 atom stereocenters. The summed E-state index contributed by atoms with van der Waals surface area (Å²) in [6.07, 6.45) is 10.3. The molecule has 1 aliphatic carbocycles. The molecule has 3 nitrogen and oxygen atoms in total. The third-order valence-corrected chi connectivity index (χ3v) is 4.78. The lowest BCUT2D eigenvalue weighted by Gasteiger charge is -2.45. The summed E-state index contributed by atoms with van der Waals surface area (Å²) in [5, 5.41) is 3.68. The monoisotopic (exact) mass is 275 g/mol. The minimum absolute atomic E-state index is 0.354. The van der Waals surface area contributed by atoms with E-state index in [-0.39, 0.29) is 0 Å². The third kappa shape index (κ3) is 4.03. The van der Waals surface area contributed by atoms with Crippen LogP contribution in [0.4, 0.5) is 0 Å². The highest BCUT2D eigenvalue weighted by Gasteiger charge is 2.36. The minimum Gasteiger partial charge on any atom is -0.315 e. The topological polar surface area (TPSA) is 28.2 Å². The molecule has 2 rings (SSSR count). The molecule has 2 unspecified atom stereocenters.